The maximum absolute atomic E-state index is 5.88. The van der Waals surface area contributed by atoms with Gasteiger partial charge in [-0.15, -0.1) is 0 Å². The average molecular weight is 471 g/mol. The summed E-state index contributed by atoms with van der Waals surface area (Å²) < 4.78 is 17.3. The zero-order valence-corrected chi connectivity index (χ0v) is 19.6. The molecule has 0 atom stereocenters. The first kappa shape index (κ1) is 20.6. The Hall–Kier alpha value is -3.75. The standard InChI is InChI=1S/C26H26N6O3/c1-33-25-20(21(17-6-7-17)28-15-29-25)22-27-12-19-23(30-22)32(10-11-34-19)13-16-2-4-18(5-3-16)24-31-26(8-9-26)14-35-24/h2-5,12,15,17H,6-11,13-14H2,1H3. The predicted molar refractivity (Wildman–Crippen MR) is 129 cm³/mol. The number of ether oxygens (including phenoxy) is 3. The highest BCUT2D eigenvalue weighted by Gasteiger charge is 2.47. The number of hydrogen-bond donors (Lipinski definition) is 0. The lowest BCUT2D eigenvalue weighted by molar-refractivity contribution is 0.303. The van der Waals surface area contributed by atoms with Crippen molar-refractivity contribution in [3.63, 3.8) is 0 Å². The summed E-state index contributed by atoms with van der Waals surface area (Å²) in [5, 5.41) is 0. The van der Waals surface area contributed by atoms with Crippen molar-refractivity contribution in [2.24, 2.45) is 4.99 Å². The summed E-state index contributed by atoms with van der Waals surface area (Å²) in [6.07, 6.45) is 7.80. The van der Waals surface area contributed by atoms with Gasteiger partial charge < -0.3 is 19.1 Å². The van der Waals surface area contributed by atoms with Gasteiger partial charge >= 0.3 is 0 Å². The molecule has 2 aliphatic heterocycles. The number of nitrogens with zero attached hydrogens (tertiary/aromatic N) is 6. The highest BCUT2D eigenvalue weighted by Crippen LogP contribution is 2.46. The van der Waals surface area contributed by atoms with E-state index in [1.165, 1.54) is 5.56 Å². The molecule has 2 aliphatic carbocycles. The quantitative estimate of drug-likeness (QED) is 0.540. The lowest BCUT2D eigenvalue weighted by Crippen LogP contribution is -2.33. The minimum Gasteiger partial charge on any atom is -0.486 e. The topological polar surface area (TPSA) is 94.9 Å². The van der Waals surface area contributed by atoms with Crippen LogP contribution in [0.1, 0.15) is 48.4 Å². The van der Waals surface area contributed by atoms with Crippen molar-refractivity contribution in [1.82, 2.24) is 19.9 Å². The molecule has 3 aromatic rings. The minimum atomic E-state index is 0.0781. The van der Waals surface area contributed by atoms with Gasteiger partial charge in [-0.25, -0.2) is 24.9 Å². The van der Waals surface area contributed by atoms with Crippen LogP contribution >= 0.6 is 0 Å². The van der Waals surface area contributed by atoms with Gasteiger partial charge in [-0.2, -0.15) is 0 Å². The first-order valence-electron chi connectivity index (χ1n) is 12.2. The third-order valence-electron chi connectivity index (χ3n) is 7.10. The van der Waals surface area contributed by atoms with Crippen molar-refractivity contribution in [3.8, 4) is 23.0 Å². The highest BCUT2D eigenvalue weighted by atomic mass is 16.5. The van der Waals surface area contributed by atoms with Crippen molar-refractivity contribution in [3.05, 3.63) is 53.6 Å². The van der Waals surface area contributed by atoms with E-state index in [1.807, 2.05) is 0 Å². The summed E-state index contributed by atoms with van der Waals surface area (Å²) in [6, 6.07) is 8.46. The summed E-state index contributed by atoms with van der Waals surface area (Å²) in [7, 11) is 1.62. The molecule has 0 radical (unpaired) electrons. The SMILES string of the molecule is COc1ncnc(C2CC2)c1-c1ncc2c(n1)N(Cc1ccc(C3=NC4(CC4)CO3)cc1)CCO2. The van der Waals surface area contributed by atoms with E-state index >= 15 is 0 Å². The largest absolute Gasteiger partial charge is 0.486 e. The van der Waals surface area contributed by atoms with E-state index < -0.39 is 0 Å². The molecule has 178 valence electrons. The van der Waals surface area contributed by atoms with E-state index in [2.05, 4.69) is 44.1 Å². The predicted octanol–water partition coefficient (Wildman–Crippen LogP) is 3.53. The number of hydrogen-bond acceptors (Lipinski definition) is 9. The third kappa shape index (κ3) is 3.75. The Labute approximate surface area is 203 Å². The zero-order chi connectivity index (χ0) is 23.4. The van der Waals surface area contributed by atoms with Gasteiger partial charge in [0.05, 0.1) is 31.1 Å². The number of aliphatic imine (C=N–C) groups is 1. The van der Waals surface area contributed by atoms with Crippen LogP contribution in [0.4, 0.5) is 5.82 Å². The summed E-state index contributed by atoms with van der Waals surface area (Å²) >= 11 is 0. The van der Waals surface area contributed by atoms with Gasteiger partial charge in [-0.05, 0) is 43.4 Å². The number of rotatable bonds is 6. The van der Waals surface area contributed by atoms with E-state index in [4.69, 9.17) is 24.2 Å². The van der Waals surface area contributed by atoms with Crippen LogP contribution in [0.3, 0.4) is 0 Å². The van der Waals surface area contributed by atoms with Gasteiger partial charge in [0.15, 0.2) is 17.4 Å². The van der Waals surface area contributed by atoms with Gasteiger partial charge in [0, 0.05) is 18.0 Å². The van der Waals surface area contributed by atoms with Crippen LogP contribution in [-0.2, 0) is 11.3 Å². The molecule has 0 N–H and O–H groups in total. The highest BCUT2D eigenvalue weighted by molar-refractivity contribution is 5.95. The molecule has 1 aromatic carbocycles. The summed E-state index contributed by atoms with van der Waals surface area (Å²) in [5.41, 5.74) is 4.03. The molecule has 0 unspecified atom stereocenters. The smallest absolute Gasteiger partial charge is 0.227 e. The fourth-order valence-corrected chi connectivity index (χ4v) is 4.75. The number of anilines is 1. The molecule has 4 heterocycles. The molecule has 2 saturated carbocycles. The van der Waals surface area contributed by atoms with E-state index in [1.54, 1.807) is 19.6 Å². The van der Waals surface area contributed by atoms with Gasteiger partial charge in [-0.1, -0.05) is 12.1 Å². The van der Waals surface area contributed by atoms with Gasteiger partial charge in [0.2, 0.25) is 11.8 Å². The number of fused-ring (bicyclic) bond motifs is 1. The van der Waals surface area contributed by atoms with Crippen LogP contribution in [0.5, 0.6) is 11.6 Å². The normalized spacial score (nSPS) is 19.6. The van der Waals surface area contributed by atoms with Crippen molar-refractivity contribution < 1.29 is 14.2 Å². The molecular weight excluding hydrogens is 444 g/mol. The maximum Gasteiger partial charge on any atom is 0.227 e. The molecule has 35 heavy (non-hydrogen) atoms. The van der Waals surface area contributed by atoms with Crippen molar-refractivity contribution in [2.75, 3.05) is 31.8 Å². The summed E-state index contributed by atoms with van der Waals surface area (Å²) in [5.74, 6) is 3.72. The van der Waals surface area contributed by atoms with Crippen LogP contribution in [-0.4, -0.2) is 58.2 Å². The van der Waals surface area contributed by atoms with Gasteiger partial charge in [-0.3, -0.25) is 0 Å². The first-order valence-corrected chi connectivity index (χ1v) is 12.2. The molecule has 2 aromatic heterocycles. The molecule has 4 aliphatic rings. The lowest BCUT2D eigenvalue weighted by atomic mass is 10.1. The summed E-state index contributed by atoms with van der Waals surface area (Å²) in [4.78, 5) is 25.4. The fraction of sp³-hybridized carbons (Fsp3) is 0.423. The maximum atomic E-state index is 5.88. The van der Waals surface area contributed by atoms with E-state index in [-0.39, 0.29) is 5.54 Å². The van der Waals surface area contributed by atoms with E-state index in [9.17, 15) is 0 Å². The molecule has 0 amide bonds. The van der Waals surface area contributed by atoms with Crippen molar-refractivity contribution >= 4 is 11.7 Å². The number of benzene rings is 1. The molecule has 0 bridgehead atoms. The Kier molecular flexibility index (Phi) is 4.65. The van der Waals surface area contributed by atoms with Crippen LogP contribution in [0.25, 0.3) is 11.4 Å². The average Bonchev–Trinajstić information content (AvgIpc) is 3.82. The molecule has 1 spiro atoms. The van der Waals surface area contributed by atoms with Gasteiger partial charge in [0.25, 0.3) is 0 Å². The molecule has 7 rings (SSSR count). The van der Waals surface area contributed by atoms with Crippen molar-refractivity contribution in [1.29, 1.82) is 0 Å². The molecule has 9 heteroatoms. The van der Waals surface area contributed by atoms with Crippen LogP contribution in [0, 0.1) is 0 Å². The van der Waals surface area contributed by atoms with Crippen molar-refractivity contribution in [2.45, 2.75) is 43.7 Å². The Morgan fingerprint density at radius 1 is 1.09 bits per heavy atom. The van der Waals surface area contributed by atoms with Crippen LogP contribution in [0.15, 0.2) is 41.8 Å². The second kappa shape index (κ2) is 7.90. The molecule has 9 nitrogen and oxygen atoms in total. The third-order valence-corrected chi connectivity index (χ3v) is 7.10. The Morgan fingerprint density at radius 3 is 2.69 bits per heavy atom. The first-order chi connectivity index (χ1) is 17.2. The lowest BCUT2D eigenvalue weighted by Gasteiger charge is -2.30. The summed E-state index contributed by atoms with van der Waals surface area (Å²) in [6.45, 7) is 2.76. The molecular formula is C26H26N6O3. The number of methoxy groups -OCH3 is 1. The van der Waals surface area contributed by atoms with Crippen LogP contribution < -0.4 is 14.4 Å². The Bertz CT molecular complexity index is 1320. The second-order valence-corrected chi connectivity index (χ2v) is 9.70. The molecule has 0 saturated heterocycles. The molecule has 2 fully saturated rings. The number of aromatic nitrogens is 4. The Morgan fingerprint density at radius 2 is 1.94 bits per heavy atom. The van der Waals surface area contributed by atoms with E-state index in [0.29, 0.717) is 36.5 Å². The second-order valence-electron chi connectivity index (χ2n) is 9.70. The fourth-order valence-electron chi connectivity index (χ4n) is 4.75. The van der Waals surface area contributed by atoms with Crippen LogP contribution in [0.2, 0.25) is 0 Å². The zero-order valence-electron chi connectivity index (χ0n) is 19.6. The van der Waals surface area contributed by atoms with E-state index in [0.717, 1.165) is 67.4 Å². The monoisotopic (exact) mass is 470 g/mol. The van der Waals surface area contributed by atoms with Gasteiger partial charge in [0.1, 0.15) is 25.1 Å². The Balaban J connectivity index is 1.18. The minimum absolute atomic E-state index is 0.0781.